The number of anilines is 2. The molecule has 0 aliphatic heterocycles. The van der Waals surface area contributed by atoms with Gasteiger partial charge in [-0.25, -0.2) is 0 Å². The maximum absolute atomic E-state index is 12.5. The van der Waals surface area contributed by atoms with Crippen LogP contribution in [0.25, 0.3) is 0 Å². The summed E-state index contributed by atoms with van der Waals surface area (Å²) < 4.78 is 5.08. The summed E-state index contributed by atoms with van der Waals surface area (Å²) in [5, 5.41) is 14.5. The lowest BCUT2D eigenvalue weighted by atomic mass is 10.1. The van der Waals surface area contributed by atoms with Crippen LogP contribution in [-0.2, 0) is 0 Å². The molecule has 0 saturated carbocycles. The van der Waals surface area contributed by atoms with Crippen LogP contribution in [0, 0.1) is 11.3 Å². The minimum absolute atomic E-state index is 0.204. The van der Waals surface area contributed by atoms with Crippen molar-refractivity contribution in [2.75, 3.05) is 17.7 Å². The number of para-hydroxylation sites is 1. The summed E-state index contributed by atoms with van der Waals surface area (Å²) in [7, 11) is 1.56. The zero-order valence-electron chi connectivity index (χ0n) is 15.0. The Balaban J connectivity index is 1.74. The van der Waals surface area contributed by atoms with Crippen LogP contribution in [0.3, 0.4) is 0 Å². The van der Waals surface area contributed by atoms with Gasteiger partial charge in [-0.3, -0.25) is 14.6 Å². The lowest BCUT2D eigenvalue weighted by Crippen LogP contribution is -2.16. The Morgan fingerprint density at radius 1 is 0.964 bits per heavy atom. The van der Waals surface area contributed by atoms with Gasteiger partial charge in [-0.05, 0) is 42.5 Å². The van der Waals surface area contributed by atoms with E-state index < -0.39 is 11.8 Å². The molecule has 0 aliphatic carbocycles. The van der Waals surface area contributed by atoms with Gasteiger partial charge in [-0.2, -0.15) is 5.26 Å². The normalized spacial score (nSPS) is 9.86. The minimum Gasteiger partial charge on any atom is -0.497 e. The van der Waals surface area contributed by atoms with Gasteiger partial charge in [0.15, 0.2) is 0 Å². The highest BCUT2D eigenvalue weighted by Crippen LogP contribution is 2.17. The Bertz CT molecular complexity index is 1060. The lowest BCUT2D eigenvalue weighted by molar-refractivity contribution is 0.102. The number of amides is 2. The van der Waals surface area contributed by atoms with E-state index in [1.165, 1.54) is 18.5 Å². The summed E-state index contributed by atoms with van der Waals surface area (Å²) in [5.74, 6) is -0.185. The number of nitrogens with one attached hydrogen (secondary N) is 2. The van der Waals surface area contributed by atoms with Crippen LogP contribution in [0.2, 0.25) is 0 Å². The molecule has 28 heavy (non-hydrogen) atoms. The molecule has 3 aromatic rings. The van der Waals surface area contributed by atoms with Gasteiger partial charge in [0.25, 0.3) is 11.8 Å². The van der Waals surface area contributed by atoms with E-state index >= 15 is 0 Å². The number of nitrogens with zero attached hydrogens (tertiary/aromatic N) is 2. The van der Waals surface area contributed by atoms with E-state index in [-0.39, 0.29) is 11.1 Å². The van der Waals surface area contributed by atoms with Crippen LogP contribution < -0.4 is 15.4 Å². The van der Waals surface area contributed by atoms with Crippen molar-refractivity contribution in [3.05, 3.63) is 83.7 Å². The Labute approximate surface area is 161 Å². The van der Waals surface area contributed by atoms with Crippen molar-refractivity contribution in [3.8, 4) is 11.8 Å². The third-order valence-corrected chi connectivity index (χ3v) is 3.91. The standard InChI is InChI=1S/C21H16N4O3/c1-28-18-8-6-17(7-9-18)24-20(26)15-10-16(13-23-12-15)21(27)25-19-5-3-2-4-14(19)11-22/h2-10,12-13H,1H3,(H,24,26)(H,25,27). The second-order valence-corrected chi connectivity index (χ2v) is 5.76. The molecule has 0 radical (unpaired) electrons. The maximum atomic E-state index is 12.5. The molecule has 1 aromatic heterocycles. The van der Waals surface area contributed by atoms with Gasteiger partial charge in [0, 0.05) is 18.1 Å². The molecule has 1 heterocycles. The summed E-state index contributed by atoms with van der Waals surface area (Å²) in [6, 6.07) is 17.0. The highest BCUT2D eigenvalue weighted by molar-refractivity contribution is 6.08. The fraction of sp³-hybridized carbons (Fsp3) is 0.0476. The monoisotopic (exact) mass is 372 g/mol. The van der Waals surface area contributed by atoms with Gasteiger partial charge < -0.3 is 15.4 Å². The third-order valence-electron chi connectivity index (χ3n) is 3.91. The zero-order valence-corrected chi connectivity index (χ0v) is 15.0. The topological polar surface area (TPSA) is 104 Å². The quantitative estimate of drug-likeness (QED) is 0.714. The molecule has 2 N–H and O–H groups in total. The third kappa shape index (κ3) is 4.31. The molecule has 2 amide bonds. The molecule has 2 aromatic carbocycles. The highest BCUT2D eigenvalue weighted by Gasteiger charge is 2.13. The number of nitriles is 1. The molecule has 0 bridgehead atoms. The first kappa shape index (κ1) is 18.6. The van der Waals surface area contributed by atoms with Crippen molar-refractivity contribution in [2.45, 2.75) is 0 Å². The van der Waals surface area contributed by atoms with Crippen LogP contribution in [0.4, 0.5) is 11.4 Å². The largest absolute Gasteiger partial charge is 0.497 e. The number of pyridine rings is 1. The van der Waals surface area contributed by atoms with E-state index in [0.717, 1.165) is 0 Å². The van der Waals surface area contributed by atoms with Gasteiger partial charge in [0.2, 0.25) is 0 Å². The average molecular weight is 372 g/mol. The molecule has 0 unspecified atom stereocenters. The van der Waals surface area contributed by atoms with Crippen LogP contribution in [0.5, 0.6) is 5.75 Å². The van der Waals surface area contributed by atoms with Crippen molar-refractivity contribution >= 4 is 23.2 Å². The van der Waals surface area contributed by atoms with Gasteiger partial charge in [-0.1, -0.05) is 12.1 Å². The number of hydrogen-bond acceptors (Lipinski definition) is 5. The number of aromatic nitrogens is 1. The zero-order chi connectivity index (χ0) is 19.9. The van der Waals surface area contributed by atoms with Gasteiger partial charge in [0.05, 0.1) is 29.5 Å². The van der Waals surface area contributed by atoms with Crippen molar-refractivity contribution in [2.24, 2.45) is 0 Å². The molecular weight excluding hydrogens is 356 g/mol. The predicted octanol–water partition coefficient (Wildman–Crippen LogP) is 3.47. The summed E-state index contributed by atoms with van der Waals surface area (Å²) >= 11 is 0. The number of methoxy groups -OCH3 is 1. The summed E-state index contributed by atoms with van der Waals surface area (Å²) in [4.78, 5) is 28.9. The Kier molecular flexibility index (Phi) is 5.63. The molecule has 7 nitrogen and oxygen atoms in total. The Hall–Kier alpha value is -4.18. The van der Waals surface area contributed by atoms with E-state index in [4.69, 9.17) is 10.00 Å². The smallest absolute Gasteiger partial charge is 0.257 e. The molecular formula is C21H16N4O3. The Morgan fingerprint density at radius 3 is 2.25 bits per heavy atom. The first-order valence-electron chi connectivity index (χ1n) is 8.31. The summed E-state index contributed by atoms with van der Waals surface area (Å²) in [6.45, 7) is 0. The van der Waals surface area contributed by atoms with Crippen molar-refractivity contribution in [1.29, 1.82) is 5.26 Å². The van der Waals surface area contributed by atoms with Crippen LogP contribution in [0.1, 0.15) is 26.3 Å². The number of carbonyl (C=O) groups excluding carboxylic acids is 2. The molecule has 0 aliphatic rings. The lowest BCUT2D eigenvalue weighted by Gasteiger charge is -2.09. The van der Waals surface area contributed by atoms with Crippen molar-refractivity contribution < 1.29 is 14.3 Å². The average Bonchev–Trinajstić information content (AvgIpc) is 2.74. The molecule has 0 saturated heterocycles. The maximum Gasteiger partial charge on any atom is 0.257 e. The fourth-order valence-electron chi connectivity index (χ4n) is 2.45. The van der Waals surface area contributed by atoms with Crippen LogP contribution in [-0.4, -0.2) is 23.9 Å². The highest BCUT2D eigenvalue weighted by atomic mass is 16.5. The number of rotatable bonds is 5. The molecule has 0 fully saturated rings. The fourth-order valence-corrected chi connectivity index (χ4v) is 2.45. The Morgan fingerprint density at radius 2 is 1.61 bits per heavy atom. The predicted molar refractivity (Wildman–Crippen MR) is 104 cm³/mol. The first-order valence-corrected chi connectivity index (χ1v) is 8.31. The summed E-state index contributed by atoms with van der Waals surface area (Å²) in [6.07, 6.45) is 2.73. The first-order chi connectivity index (χ1) is 13.6. The van der Waals surface area contributed by atoms with E-state index in [9.17, 15) is 9.59 Å². The molecule has 0 atom stereocenters. The van der Waals surface area contributed by atoms with Gasteiger partial charge in [-0.15, -0.1) is 0 Å². The van der Waals surface area contributed by atoms with Gasteiger partial charge >= 0.3 is 0 Å². The molecule has 7 heteroatoms. The van der Waals surface area contributed by atoms with Gasteiger partial charge in [0.1, 0.15) is 11.8 Å². The van der Waals surface area contributed by atoms with Crippen molar-refractivity contribution in [1.82, 2.24) is 4.98 Å². The minimum atomic E-state index is -0.464. The van der Waals surface area contributed by atoms with E-state index in [0.29, 0.717) is 22.7 Å². The second kappa shape index (κ2) is 8.47. The van der Waals surface area contributed by atoms with Crippen LogP contribution >= 0.6 is 0 Å². The molecule has 3 rings (SSSR count). The van der Waals surface area contributed by atoms with Crippen molar-refractivity contribution in [3.63, 3.8) is 0 Å². The molecule has 138 valence electrons. The SMILES string of the molecule is COc1ccc(NC(=O)c2cncc(C(=O)Nc3ccccc3C#N)c2)cc1. The van der Waals surface area contributed by atoms with E-state index in [1.807, 2.05) is 6.07 Å². The van der Waals surface area contributed by atoms with Crippen LogP contribution in [0.15, 0.2) is 67.0 Å². The molecule has 0 spiro atoms. The van der Waals surface area contributed by atoms with E-state index in [1.54, 1.807) is 55.6 Å². The number of ether oxygens (including phenoxy) is 1. The number of benzene rings is 2. The number of hydrogen-bond donors (Lipinski definition) is 2. The summed E-state index contributed by atoms with van der Waals surface area (Å²) in [5.41, 5.74) is 1.76. The van der Waals surface area contributed by atoms with E-state index in [2.05, 4.69) is 15.6 Å². The number of carbonyl (C=O) groups is 2. The second-order valence-electron chi connectivity index (χ2n) is 5.76.